The maximum Gasteiger partial charge on any atom is 0.352 e. The highest BCUT2D eigenvalue weighted by atomic mass is 35.5. The van der Waals surface area contributed by atoms with Crippen LogP contribution in [-0.4, -0.2) is 55.7 Å². The van der Waals surface area contributed by atoms with Crippen molar-refractivity contribution in [3.63, 3.8) is 0 Å². The Balaban J connectivity index is 1.32. The van der Waals surface area contributed by atoms with E-state index in [9.17, 15) is 19.5 Å². The highest BCUT2D eigenvalue weighted by Crippen LogP contribution is 2.40. The zero-order valence-corrected chi connectivity index (χ0v) is 22.6. The van der Waals surface area contributed by atoms with Gasteiger partial charge >= 0.3 is 5.97 Å². The molecule has 200 valence electrons. The number of carboxylic acid groups (broad SMARTS) is 1. The molecule has 2 amide bonds. The van der Waals surface area contributed by atoms with Crippen LogP contribution in [-0.2, 0) is 32.4 Å². The minimum Gasteiger partial charge on any atom is -0.477 e. The van der Waals surface area contributed by atoms with Gasteiger partial charge in [-0.3, -0.25) is 14.5 Å². The summed E-state index contributed by atoms with van der Waals surface area (Å²) in [5, 5.41) is 18.4. The molecule has 39 heavy (non-hydrogen) atoms. The summed E-state index contributed by atoms with van der Waals surface area (Å²) in [6, 6.07) is 11.5. The standard InChI is InChI=1S/C25H21ClN6O5S2/c26-16-6-4-14(5-7-16)11-37-30-18(17-13-39-25(27)28-17)21(33)29-19-22(34)32-20(24(35)36)15(12-38-23(19)32)10-31-8-2-1-3-9-31/h1-9,13,19,23H,10-12H2,(H3-,27,28,29,33,35,36)/p+1/b30-18+/t19?,23-/m1/s1. The minimum absolute atomic E-state index is 0.0573. The number of nitrogens with one attached hydrogen (secondary N) is 1. The molecule has 2 atom stereocenters. The van der Waals surface area contributed by atoms with Crippen molar-refractivity contribution in [2.75, 3.05) is 11.5 Å². The average Bonchev–Trinajstić information content (AvgIpc) is 3.36. The van der Waals surface area contributed by atoms with Crippen LogP contribution in [0.5, 0.6) is 0 Å². The third-order valence-corrected chi connectivity index (χ3v) is 8.23. The van der Waals surface area contributed by atoms with Gasteiger partial charge in [-0.2, -0.15) is 0 Å². The second-order valence-electron chi connectivity index (χ2n) is 8.58. The van der Waals surface area contributed by atoms with Gasteiger partial charge in [0, 0.05) is 33.9 Å². The van der Waals surface area contributed by atoms with E-state index in [1.165, 1.54) is 16.7 Å². The Labute approximate surface area is 235 Å². The van der Waals surface area contributed by atoms with Crippen molar-refractivity contribution in [2.45, 2.75) is 24.6 Å². The van der Waals surface area contributed by atoms with Crippen molar-refractivity contribution in [2.24, 2.45) is 5.16 Å². The van der Waals surface area contributed by atoms with Crippen LogP contribution >= 0.6 is 34.7 Å². The van der Waals surface area contributed by atoms with Crippen LogP contribution in [0.3, 0.4) is 0 Å². The number of fused-ring (bicyclic) bond motifs is 1. The number of rotatable bonds is 9. The predicted octanol–water partition coefficient (Wildman–Crippen LogP) is 2.03. The summed E-state index contributed by atoms with van der Waals surface area (Å²) in [5.74, 6) is -2.02. The second kappa shape index (κ2) is 11.4. The van der Waals surface area contributed by atoms with E-state index in [1.54, 1.807) is 29.6 Å². The molecule has 2 aliphatic heterocycles. The monoisotopic (exact) mass is 585 g/mol. The Morgan fingerprint density at radius 3 is 2.67 bits per heavy atom. The summed E-state index contributed by atoms with van der Waals surface area (Å²) in [4.78, 5) is 49.3. The molecular formula is C25H22ClN6O5S2+. The van der Waals surface area contributed by atoms with Crippen molar-refractivity contribution in [1.29, 1.82) is 0 Å². The molecule has 2 aromatic heterocycles. The summed E-state index contributed by atoms with van der Waals surface area (Å²) in [6.45, 7) is 0.396. The first-order valence-corrected chi connectivity index (χ1v) is 13.9. The Morgan fingerprint density at radius 1 is 1.26 bits per heavy atom. The van der Waals surface area contributed by atoms with Gasteiger partial charge in [-0.25, -0.2) is 14.3 Å². The Morgan fingerprint density at radius 2 is 2.00 bits per heavy atom. The second-order valence-corrected chi connectivity index (χ2v) is 11.0. The van der Waals surface area contributed by atoms with E-state index in [0.29, 0.717) is 22.9 Å². The van der Waals surface area contributed by atoms with E-state index in [-0.39, 0.29) is 28.8 Å². The largest absolute Gasteiger partial charge is 0.477 e. The number of nitrogen functional groups attached to an aromatic ring is 1. The normalized spacial score (nSPS) is 18.8. The molecule has 1 saturated heterocycles. The van der Waals surface area contributed by atoms with Crippen LogP contribution in [0.15, 0.2) is 76.7 Å². The van der Waals surface area contributed by atoms with Crippen LogP contribution in [0.2, 0.25) is 5.02 Å². The smallest absolute Gasteiger partial charge is 0.352 e. The molecule has 2 aliphatic rings. The molecule has 11 nitrogen and oxygen atoms in total. The first-order chi connectivity index (χ1) is 18.8. The summed E-state index contributed by atoms with van der Waals surface area (Å²) in [7, 11) is 0. The Kier molecular flexibility index (Phi) is 7.82. The van der Waals surface area contributed by atoms with Crippen molar-refractivity contribution in [3.05, 3.63) is 87.8 Å². The van der Waals surface area contributed by atoms with E-state index < -0.39 is 29.2 Å². The number of pyridine rings is 1. The molecule has 4 heterocycles. The van der Waals surface area contributed by atoms with Gasteiger partial charge in [0.15, 0.2) is 29.8 Å². The number of carbonyl (C=O) groups excluding carboxylic acids is 2. The lowest BCUT2D eigenvalue weighted by atomic mass is 10.0. The third kappa shape index (κ3) is 5.75. The van der Waals surface area contributed by atoms with Crippen molar-refractivity contribution >= 4 is 63.3 Å². The van der Waals surface area contributed by atoms with Crippen molar-refractivity contribution < 1.29 is 28.9 Å². The molecule has 0 saturated carbocycles. The van der Waals surface area contributed by atoms with Crippen LogP contribution in [0, 0.1) is 0 Å². The van der Waals surface area contributed by atoms with Gasteiger partial charge in [-0.05, 0) is 17.7 Å². The van der Waals surface area contributed by atoms with Crippen molar-refractivity contribution in [1.82, 2.24) is 15.2 Å². The molecule has 1 aromatic carbocycles. The van der Waals surface area contributed by atoms with Crippen LogP contribution in [0.25, 0.3) is 0 Å². The fraction of sp³-hybridized carbons (Fsp3) is 0.200. The number of aromatic nitrogens is 2. The maximum absolute atomic E-state index is 13.3. The molecule has 3 aromatic rings. The van der Waals surface area contributed by atoms with Gasteiger partial charge in [0.1, 0.15) is 29.4 Å². The van der Waals surface area contributed by atoms with Crippen LogP contribution in [0.4, 0.5) is 5.13 Å². The summed E-state index contributed by atoms with van der Waals surface area (Å²) in [6.07, 6.45) is 3.65. The number of hydrogen-bond donors (Lipinski definition) is 3. The van der Waals surface area contributed by atoms with E-state index in [4.69, 9.17) is 22.2 Å². The molecule has 0 aliphatic carbocycles. The van der Waals surface area contributed by atoms with Crippen LogP contribution in [0.1, 0.15) is 11.3 Å². The highest BCUT2D eigenvalue weighted by molar-refractivity contribution is 8.00. The molecule has 1 fully saturated rings. The number of anilines is 1. The number of hydrogen-bond acceptors (Lipinski definition) is 9. The van der Waals surface area contributed by atoms with E-state index in [0.717, 1.165) is 16.9 Å². The molecule has 4 N–H and O–H groups in total. The maximum atomic E-state index is 13.3. The fourth-order valence-electron chi connectivity index (χ4n) is 4.13. The number of halogens is 1. The number of nitrogens with zero attached hydrogens (tertiary/aromatic N) is 4. The van der Waals surface area contributed by atoms with Gasteiger partial charge in [0.2, 0.25) is 0 Å². The number of benzene rings is 1. The number of carbonyl (C=O) groups is 3. The Hall–Kier alpha value is -3.94. The van der Waals surface area contributed by atoms with Gasteiger partial charge in [-0.1, -0.05) is 35.0 Å². The number of amides is 2. The first-order valence-electron chi connectivity index (χ1n) is 11.6. The molecule has 14 heteroatoms. The number of thioether (sulfide) groups is 1. The number of oxime groups is 1. The zero-order chi connectivity index (χ0) is 27.5. The lowest BCUT2D eigenvalue weighted by Crippen LogP contribution is -2.71. The minimum atomic E-state index is -1.19. The molecule has 0 radical (unpaired) electrons. The number of aliphatic carboxylic acids is 1. The number of nitrogens with two attached hydrogens (primary N) is 1. The van der Waals surface area contributed by atoms with E-state index >= 15 is 0 Å². The highest BCUT2D eigenvalue weighted by Gasteiger charge is 2.54. The molecule has 0 bridgehead atoms. The predicted molar refractivity (Wildman–Crippen MR) is 146 cm³/mol. The summed E-state index contributed by atoms with van der Waals surface area (Å²) < 4.78 is 1.84. The SMILES string of the molecule is Nc1nc(/C(=N\OCc2ccc(Cl)cc2)C(=O)NC2C(=O)N3C(C(=O)O)=C(C[n+]4ccccc4)CS[C@H]23)cs1. The van der Waals surface area contributed by atoms with Gasteiger partial charge < -0.3 is 21.0 Å². The van der Waals surface area contributed by atoms with Gasteiger partial charge in [0.05, 0.1) is 0 Å². The Bertz CT molecular complexity index is 1480. The zero-order valence-electron chi connectivity index (χ0n) is 20.2. The number of thiazole rings is 1. The topological polar surface area (TPSA) is 151 Å². The summed E-state index contributed by atoms with van der Waals surface area (Å²) >= 11 is 8.42. The van der Waals surface area contributed by atoms with Crippen molar-refractivity contribution in [3.8, 4) is 0 Å². The van der Waals surface area contributed by atoms with Crippen LogP contribution < -0.4 is 15.6 Å². The lowest BCUT2D eigenvalue weighted by Gasteiger charge is -2.49. The number of β-lactam (4-membered cyclic amide) rings is 1. The van der Waals surface area contributed by atoms with Gasteiger partial charge in [-0.15, -0.1) is 23.1 Å². The molecule has 5 rings (SSSR count). The first kappa shape index (κ1) is 26.7. The third-order valence-electron chi connectivity index (χ3n) is 5.97. The molecule has 0 spiro atoms. The number of carboxylic acids is 1. The average molecular weight is 586 g/mol. The quantitative estimate of drug-likeness (QED) is 0.149. The fourth-order valence-corrected chi connectivity index (χ4v) is 6.14. The molecular weight excluding hydrogens is 564 g/mol. The molecule has 1 unspecified atom stereocenters. The van der Waals surface area contributed by atoms with E-state index in [2.05, 4.69) is 15.5 Å². The van der Waals surface area contributed by atoms with E-state index in [1.807, 2.05) is 35.2 Å². The van der Waals surface area contributed by atoms with Gasteiger partial charge in [0.25, 0.3) is 11.8 Å². The summed E-state index contributed by atoms with van der Waals surface area (Å²) in [5.41, 5.74) is 7.12. The lowest BCUT2D eigenvalue weighted by molar-refractivity contribution is -0.689.